The van der Waals surface area contributed by atoms with Crippen LogP contribution in [0.15, 0.2) is 78.8 Å². The smallest absolute Gasteiger partial charge is 0.237 e. The number of hydrogen-bond acceptors (Lipinski definition) is 3. The van der Waals surface area contributed by atoms with E-state index in [0.717, 1.165) is 15.6 Å². The van der Waals surface area contributed by atoms with Crippen LogP contribution in [0, 0.1) is 6.92 Å². The Balaban J connectivity index is 2.39. The summed E-state index contributed by atoms with van der Waals surface area (Å²) in [6, 6.07) is 7.94. The van der Waals surface area contributed by atoms with Gasteiger partial charge in [0.15, 0.2) is 5.65 Å². The molecule has 0 radical (unpaired) electrons. The second-order valence-corrected chi connectivity index (χ2v) is 8.04. The lowest BCUT2D eigenvalue weighted by Crippen LogP contribution is -2.12. The maximum absolute atomic E-state index is 14.3. The Morgan fingerprint density at radius 1 is 1.19 bits per heavy atom. The lowest BCUT2D eigenvalue weighted by molar-refractivity contribution is 0.588. The third kappa shape index (κ3) is 3.22. The van der Waals surface area contributed by atoms with Crippen LogP contribution in [0.3, 0.4) is 0 Å². The van der Waals surface area contributed by atoms with Crippen molar-refractivity contribution in [3.05, 3.63) is 90.0 Å². The average Bonchev–Trinajstić information content (AvgIpc) is 3.04. The highest BCUT2D eigenvalue weighted by molar-refractivity contribution is 7.90. The Morgan fingerprint density at radius 2 is 1.85 bits per heavy atom. The van der Waals surface area contributed by atoms with Crippen molar-refractivity contribution >= 4 is 38.2 Å². The fraction of sp³-hybridized carbons (Fsp3) is 0.0500. The minimum Gasteiger partial charge on any atom is -0.237 e. The van der Waals surface area contributed by atoms with E-state index in [-0.39, 0.29) is 26.7 Å². The standard InChI is InChI=1S/C20H16ClFN2O2S/c1-4-15(18(22)5-2)16-12-24(20-19(16)17(21)10-11-23-20)27(25,26)14-8-6-13(3)7-9-14/h4-12H,1-2H2,3H3. The maximum atomic E-state index is 14.3. The summed E-state index contributed by atoms with van der Waals surface area (Å²) in [6.45, 7) is 8.89. The molecule has 0 spiro atoms. The van der Waals surface area contributed by atoms with Crippen LogP contribution in [-0.2, 0) is 10.0 Å². The molecule has 138 valence electrons. The molecule has 0 fully saturated rings. The Labute approximate surface area is 162 Å². The van der Waals surface area contributed by atoms with Gasteiger partial charge in [0.25, 0.3) is 10.0 Å². The molecule has 0 N–H and O–H groups in total. The lowest BCUT2D eigenvalue weighted by Gasteiger charge is -2.07. The van der Waals surface area contributed by atoms with Crippen LogP contribution in [0.2, 0.25) is 5.02 Å². The molecule has 0 atom stereocenters. The van der Waals surface area contributed by atoms with E-state index in [9.17, 15) is 12.8 Å². The summed E-state index contributed by atoms with van der Waals surface area (Å²) >= 11 is 6.29. The van der Waals surface area contributed by atoms with E-state index in [0.29, 0.717) is 5.39 Å². The van der Waals surface area contributed by atoms with Crippen molar-refractivity contribution in [2.75, 3.05) is 0 Å². The number of hydrogen-bond donors (Lipinski definition) is 0. The van der Waals surface area contributed by atoms with Gasteiger partial charge in [-0.15, -0.1) is 0 Å². The fourth-order valence-corrected chi connectivity index (χ4v) is 4.30. The molecule has 0 aliphatic heterocycles. The van der Waals surface area contributed by atoms with Gasteiger partial charge in [-0.05, 0) is 31.2 Å². The first-order valence-corrected chi connectivity index (χ1v) is 9.76. The molecule has 4 nitrogen and oxygen atoms in total. The van der Waals surface area contributed by atoms with Crippen molar-refractivity contribution in [1.29, 1.82) is 0 Å². The SMILES string of the molecule is C=CC(F)=C(C=C)c1cn(S(=O)(=O)c2ccc(C)cc2)c2nccc(Cl)c12. The van der Waals surface area contributed by atoms with E-state index < -0.39 is 15.9 Å². The summed E-state index contributed by atoms with van der Waals surface area (Å²) in [5.41, 5.74) is 1.39. The highest BCUT2D eigenvalue weighted by Crippen LogP contribution is 2.35. The Kier molecular flexibility index (Phi) is 5.04. The molecule has 0 amide bonds. The summed E-state index contributed by atoms with van der Waals surface area (Å²) in [6.07, 6.45) is 5.02. The number of benzene rings is 1. The maximum Gasteiger partial charge on any atom is 0.269 e. The molecule has 27 heavy (non-hydrogen) atoms. The van der Waals surface area contributed by atoms with Crippen LogP contribution in [0.5, 0.6) is 0 Å². The normalized spacial score (nSPS) is 12.7. The molecule has 1 aromatic carbocycles. The number of halogens is 2. The van der Waals surface area contributed by atoms with Crippen molar-refractivity contribution in [2.24, 2.45) is 0 Å². The van der Waals surface area contributed by atoms with Crippen molar-refractivity contribution in [3.8, 4) is 0 Å². The molecule has 0 aliphatic carbocycles. The van der Waals surface area contributed by atoms with Crippen LogP contribution in [0.25, 0.3) is 16.6 Å². The zero-order valence-corrected chi connectivity index (χ0v) is 16.1. The van der Waals surface area contributed by atoms with Gasteiger partial charge in [-0.3, -0.25) is 0 Å². The van der Waals surface area contributed by atoms with E-state index in [1.807, 2.05) is 6.92 Å². The van der Waals surface area contributed by atoms with Gasteiger partial charge >= 0.3 is 0 Å². The van der Waals surface area contributed by atoms with Gasteiger partial charge in [0.1, 0.15) is 5.83 Å². The number of aromatic nitrogens is 2. The molecule has 3 rings (SSSR count). The predicted octanol–water partition coefficient (Wildman–Crippen LogP) is 5.29. The molecule has 0 aliphatic rings. The van der Waals surface area contributed by atoms with Gasteiger partial charge in [-0.25, -0.2) is 21.8 Å². The first-order valence-electron chi connectivity index (χ1n) is 7.94. The van der Waals surface area contributed by atoms with Crippen LogP contribution in [-0.4, -0.2) is 17.4 Å². The van der Waals surface area contributed by atoms with Gasteiger partial charge in [-0.2, -0.15) is 0 Å². The summed E-state index contributed by atoms with van der Waals surface area (Å²) < 4.78 is 41.6. The number of aryl methyl sites for hydroxylation is 1. The van der Waals surface area contributed by atoms with Crippen molar-refractivity contribution < 1.29 is 12.8 Å². The van der Waals surface area contributed by atoms with Crippen LogP contribution in [0.4, 0.5) is 4.39 Å². The van der Waals surface area contributed by atoms with E-state index in [4.69, 9.17) is 11.6 Å². The van der Waals surface area contributed by atoms with Crippen molar-refractivity contribution in [3.63, 3.8) is 0 Å². The molecule has 7 heteroatoms. The summed E-state index contributed by atoms with van der Waals surface area (Å²) in [4.78, 5) is 4.26. The number of allylic oxidation sites excluding steroid dienone is 4. The van der Waals surface area contributed by atoms with Crippen LogP contribution >= 0.6 is 11.6 Å². The Bertz CT molecular complexity index is 1190. The third-order valence-electron chi connectivity index (χ3n) is 4.11. The fourth-order valence-electron chi connectivity index (χ4n) is 2.74. The summed E-state index contributed by atoms with van der Waals surface area (Å²) in [5.74, 6) is -0.642. The van der Waals surface area contributed by atoms with E-state index in [2.05, 4.69) is 18.1 Å². The van der Waals surface area contributed by atoms with Gasteiger partial charge in [0.2, 0.25) is 0 Å². The van der Waals surface area contributed by atoms with E-state index >= 15 is 0 Å². The monoisotopic (exact) mass is 402 g/mol. The highest BCUT2D eigenvalue weighted by atomic mass is 35.5. The van der Waals surface area contributed by atoms with Gasteiger partial charge in [0.05, 0.1) is 9.92 Å². The average molecular weight is 403 g/mol. The molecule has 0 unspecified atom stereocenters. The number of nitrogens with zero attached hydrogens (tertiary/aromatic N) is 2. The number of rotatable bonds is 5. The largest absolute Gasteiger partial charge is 0.269 e. The summed E-state index contributed by atoms with van der Waals surface area (Å²) in [7, 11) is -3.96. The molecule has 3 aromatic rings. The predicted molar refractivity (Wildman–Crippen MR) is 107 cm³/mol. The second-order valence-electron chi connectivity index (χ2n) is 5.82. The molecular weight excluding hydrogens is 387 g/mol. The minimum atomic E-state index is -3.96. The highest BCUT2D eigenvalue weighted by Gasteiger charge is 2.25. The Hall–Kier alpha value is -2.70. The quantitative estimate of drug-likeness (QED) is 0.545. The van der Waals surface area contributed by atoms with Gasteiger partial charge < -0.3 is 0 Å². The van der Waals surface area contributed by atoms with E-state index in [1.165, 1.54) is 36.7 Å². The number of pyridine rings is 1. The van der Waals surface area contributed by atoms with E-state index in [1.54, 1.807) is 12.1 Å². The lowest BCUT2D eigenvalue weighted by atomic mass is 10.1. The van der Waals surface area contributed by atoms with Gasteiger partial charge in [0, 0.05) is 28.9 Å². The van der Waals surface area contributed by atoms with Gasteiger partial charge in [-0.1, -0.05) is 48.5 Å². The zero-order valence-electron chi connectivity index (χ0n) is 14.5. The number of fused-ring (bicyclic) bond motifs is 1. The molecule has 0 saturated heterocycles. The first-order chi connectivity index (χ1) is 12.8. The van der Waals surface area contributed by atoms with Crippen LogP contribution < -0.4 is 0 Å². The Morgan fingerprint density at radius 3 is 2.44 bits per heavy atom. The second kappa shape index (κ2) is 7.13. The van der Waals surface area contributed by atoms with Crippen molar-refractivity contribution in [1.82, 2.24) is 8.96 Å². The molecular formula is C20H16ClFN2O2S. The molecule has 2 aromatic heterocycles. The first kappa shape index (κ1) is 19.1. The zero-order chi connectivity index (χ0) is 19.8. The van der Waals surface area contributed by atoms with Crippen LogP contribution in [0.1, 0.15) is 11.1 Å². The minimum absolute atomic E-state index is 0.0859. The third-order valence-corrected chi connectivity index (χ3v) is 6.09. The molecule has 0 bridgehead atoms. The topological polar surface area (TPSA) is 52.0 Å². The molecule has 2 heterocycles. The van der Waals surface area contributed by atoms with Crippen molar-refractivity contribution in [2.45, 2.75) is 11.8 Å². The summed E-state index contributed by atoms with van der Waals surface area (Å²) in [5, 5.41) is 0.575. The molecule has 0 saturated carbocycles.